The second kappa shape index (κ2) is 7.51. The van der Waals surface area contributed by atoms with Crippen molar-refractivity contribution in [2.24, 2.45) is 0 Å². The summed E-state index contributed by atoms with van der Waals surface area (Å²) in [7, 11) is 0. The van der Waals surface area contributed by atoms with Crippen molar-refractivity contribution in [2.45, 2.75) is 38.0 Å². The maximum Gasteiger partial charge on any atom is 0.260 e. The SMILES string of the molecule is C[C@H](Oc1cccc(Cl)c1)C(=O)NC[C@H]1CN2CCC[C@@H]2CO1. The smallest absolute Gasteiger partial charge is 0.260 e. The molecule has 0 aliphatic carbocycles. The van der Waals surface area contributed by atoms with E-state index in [2.05, 4.69) is 10.2 Å². The summed E-state index contributed by atoms with van der Waals surface area (Å²) in [5.41, 5.74) is 0. The summed E-state index contributed by atoms with van der Waals surface area (Å²) >= 11 is 5.91. The van der Waals surface area contributed by atoms with Crippen LogP contribution in [0.1, 0.15) is 19.8 Å². The first-order valence-corrected chi connectivity index (χ1v) is 8.55. The molecule has 1 aromatic carbocycles. The van der Waals surface area contributed by atoms with Gasteiger partial charge in [0, 0.05) is 24.2 Å². The highest BCUT2D eigenvalue weighted by atomic mass is 35.5. The summed E-state index contributed by atoms with van der Waals surface area (Å²) in [6.07, 6.45) is 1.96. The van der Waals surface area contributed by atoms with Crippen molar-refractivity contribution in [2.75, 3.05) is 26.2 Å². The van der Waals surface area contributed by atoms with Gasteiger partial charge in [0.1, 0.15) is 5.75 Å². The van der Waals surface area contributed by atoms with E-state index >= 15 is 0 Å². The molecule has 0 saturated carbocycles. The van der Waals surface area contributed by atoms with Crippen LogP contribution in [0.3, 0.4) is 0 Å². The van der Waals surface area contributed by atoms with Crippen LogP contribution < -0.4 is 10.1 Å². The molecule has 23 heavy (non-hydrogen) atoms. The molecule has 0 aromatic heterocycles. The number of halogens is 1. The Morgan fingerprint density at radius 2 is 2.43 bits per heavy atom. The van der Waals surface area contributed by atoms with Crippen molar-refractivity contribution in [3.05, 3.63) is 29.3 Å². The number of amides is 1. The number of hydrogen-bond acceptors (Lipinski definition) is 4. The fourth-order valence-electron chi connectivity index (χ4n) is 3.17. The van der Waals surface area contributed by atoms with Gasteiger partial charge in [0.25, 0.3) is 5.91 Å². The van der Waals surface area contributed by atoms with Gasteiger partial charge in [-0.05, 0) is 44.5 Å². The predicted octanol–water partition coefficient (Wildman–Crippen LogP) is 2.09. The molecule has 126 valence electrons. The van der Waals surface area contributed by atoms with Crippen LogP contribution in [0.5, 0.6) is 5.75 Å². The fraction of sp³-hybridized carbons (Fsp3) is 0.588. The molecule has 1 aromatic rings. The van der Waals surface area contributed by atoms with Crippen LogP contribution in [0.15, 0.2) is 24.3 Å². The Labute approximate surface area is 141 Å². The molecule has 3 atom stereocenters. The van der Waals surface area contributed by atoms with Crippen molar-refractivity contribution in [1.82, 2.24) is 10.2 Å². The van der Waals surface area contributed by atoms with E-state index in [-0.39, 0.29) is 12.0 Å². The van der Waals surface area contributed by atoms with E-state index in [1.165, 1.54) is 12.8 Å². The van der Waals surface area contributed by atoms with E-state index < -0.39 is 6.10 Å². The molecule has 6 heteroatoms. The summed E-state index contributed by atoms with van der Waals surface area (Å²) in [4.78, 5) is 14.6. The Balaban J connectivity index is 1.43. The zero-order valence-electron chi connectivity index (χ0n) is 13.3. The van der Waals surface area contributed by atoms with Gasteiger partial charge in [0.15, 0.2) is 6.10 Å². The quantitative estimate of drug-likeness (QED) is 0.893. The summed E-state index contributed by atoms with van der Waals surface area (Å²) in [5.74, 6) is 0.450. The van der Waals surface area contributed by atoms with E-state index in [0.717, 1.165) is 19.7 Å². The summed E-state index contributed by atoms with van der Waals surface area (Å²) in [5, 5.41) is 3.51. The Bertz CT molecular complexity index is 554. The van der Waals surface area contributed by atoms with E-state index in [1.54, 1.807) is 31.2 Å². The highest BCUT2D eigenvalue weighted by Gasteiger charge is 2.32. The van der Waals surface area contributed by atoms with E-state index in [4.69, 9.17) is 21.1 Å². The van der Waals surface area contributed by atoms with Crippen molar-refractivity contribution < 1.29 is 14.3 Å². The minimum Gasteiger partial charge on any atom is -0.481 e. The van der Waals surface area contributed by atoms with Gasteiger partial charge in [0.2, 0.25) is 0 Å². The second-order valence-electron chi connectivity index (χ2n) is 6.21. The lowest BCUT2D eigenvalue weighted by Crippen LogP contribution is -2.51. The maximum absolute atomic E-state index is 12.2. The Hall–Kier alpha value is -1.30. The van der Waals surface area contributed by atoms with E-state index in [1.807, 2.05) is 0 Å². The highest BCUT2D eigenvalue weighted by molar-refractivity contribution is 6.30. The number of morpholine rings is 1. The fourth-order valence-corrected chi connectivity index (χ4v) is 3.35. The molecule has 0 bridgehead atoms. The van der Waals surface area contributed by atoms with Gasteiger partial charge in [-0.2, -0.15) is 0 Å². The number of rotatable bonds is 5. The lowest BCUT2D eigenvalue weighted by Gasteiger charge is -2.35. The molecule has 2 saturated heterocycles. The van der Waals surface area contributed by atoms with Crippen molar-refractivity contribution >= 4 is 17.5 Å². The monoisotopic (exact) mass is 338 g/mol. The summed E-state index contributed by atoms with van der Waals surface area (Å²) < 4.78 is 11.5. The molecule has 1 N–H and O–H groups in total. The lowest BCUT2D eigenvalue weighted by molar-refractivity contribution is -0.128. The maximum atomic E-state index is 12.2. The molecule has 0 unspecified atom stereocenters. The van der Waals surface area contributed by atoms with Crippen LogP contribution >= 0.6 is 11.6 Å². The number of benzene rings is 1. The molecule has 2 aliphatic heterocycles. The average molecular weight is 339 g/mol. The first-order valence-electron chi connectivity index (χ1n) is 8.17. The van der Waals surface area contributed by atoms with Crippen LogP contribution in [0.25, 0.3) is 0 Å². The highest BCUT2D eigenvalue weighted by Crippen LogP contribution is 2.22. The second-order valence-corrected chi connectivity index (χ2v) is 6.65. The summed E-state index contributed by atoms with van der Waals surface area (Å²) in [6.45, 7) is 5.07. The number of ether oxygens (including phenoxy) is 2. The third-order valence-corrected chi connectivity index (χ3v) is 4.68. The van der Waals surface area contributed by atoms with Crippen LogP contribution in [-0.4, -0.2) is 55.3 Å². The standard InChI is InChI=1S/C17H23ClN2O3/c1-12(23-15-6-2-4-13(18)8-15)17(21)19-9-16-10-20-7-3-5-14(20)11-22-16/h2,4,6,8,12,14,16H,3,5,7,9-11H2,1H3,(H,19,21)/t12-,14+,16-/m0/s1. The van der Waals surface area contributed by atoms with Gasteiger partial charge < -0.3 is 14.8 Å². The minimum atomic E-state index is -0.573. The number of nitrogens with one attached hydrogen (secondary N) is 1. The molecule has 5 nitrogen and oxygen atoms in total. The predicted molar refractivity (Wildman–Crippen MR) is 88.9 cm³/mol. The first kappa shape index (κ1) is 16.6. The van der Waals surface area contributed by atoms with Gasteiger partial charge in [-0.15, -0.1) is 0 Å². The third kappa shape index (κ3) is 4.37. The molecule has 0 spiro atoms. The molecule has 0 radical (unpaired) electrons. The summed E-state index contributed by atoms with van der Waals surface area (Å²) in [6, 6.07) is 7.62. The molecule has 3 rings (SSSR count). The van der Waals surface area contributed by atoms with Crippen LogP contribution in [0.4, 0.5) is 0 Å². The number of nitrogens with zero attached hydrogens (tertiary/aromatic N) is 1. The largest absolute Gasteiger partial charge is 0.481 e. The third-order valence-electron chi connectivity index (χ3n) is 4.44. The molecule has 2 fully saturated rings. The van der Waals surface area contributed by atoms with Crippen molar-refractivity contribution in [3.8, 4) is 5.75 Å². The van der Waals surface area contributed by atoms with Gasteiger partial charge in [-0.1, -0.05) is 17.7 Å². The van der Waals surface area contributed by atoms with Gasteiger partial charge in [-0.25, -0.2) is 0 Å². The molecule has 2 aliphatic rings. The van der Waals surface area contributed by atoms with Crippen molar-refractivity contribution in [1.29, 1.82) is 0 Å². The molecular formula is C17H23ClN2O3. The average Bonchev–Trinajstić information content (AvgIpc) is 3.00. The van der Waals surface area contributed by atoms with Gasteiger partial charge in [0.05, 0.1) is 12.7 Å². The number of hydrogen-bond donors (Lipinski definition) is 1. The van der Waals surface area contributed by atoms with Crippen molar-refractivity contribution in [3.63, 3.8) is 0 Å². The minimum absolute atomic E-state index is 0.0617. The molecule has 1 amide bonds. The Kier molecular flexibility index (Phi) is 5.41. The molecular weight excluding hydrogens is 316 g/mol. The Morgan fingerprint density at radius 1 is 1.57 bits per heavy atom. The molecule has 2 heterocycles. The van der Waals surface area contributed by atoms with Crippen LogP contribution in [0, 0.1) is 0 Å². The van der Waals surface area contributed by atoms with E-state index in [0.29, 0.717) is 23.4 Å². The number of fused-ring (bicyclic) bond motifs is 1. The number of carbonyl (C=O) groups is 1. The normalized spacial score (nSPS) is 25.7. The van der Waals surface area contributed by atoms with E-state index in [9.17, 15) is 4.79 Å². The van der Waals surface area contributed by atoms with Gasteiger partial charge in [-0.3, -0.25) is 9.69 Å². The topological polar surface area (TPSA) is 50.8 Å². The zero-order chi connectivity index (χ0) is 16.2. The Morgan fingerprint density at radius 3 is 3.26 bits per heavy atom. The lowest BCUT2D eigenvalue weighted by atomic mass is 10.2. The van der Waals surface area contributed by atoms with Crippen LogP contribution in [-0.2, 0) is 9.53 Å². The van der Waals surface area contributed by atoms with Gasteiger partial charge >= 0.3 is 0 Å². The zero-order valence-corrected chi connectivity index (χ0v) is 14.1. The van der Waals surface area contributed by atoms with Crippen LogP contribution in [0.2, 0.25) is 5.02 Å². The first-order chi connectivity index (χ1) is 11.1. The number of carbonyl (C=O) groups excluding carboxylic acids is 1.